The maximum absolute atomic E-state index is 5.01. The van der Waals surface area contributed by atoms with Gasteiger partial charge >= 0.3 is 0 Å². The van der Waals surface area contributed by atoms with Gasteiger partial charge in [-0.2, -0.15) is 0 Å². The molecule has 0 saturated heterocycles. The molecule has 0 atom stereocenters. The second kappa shape index (κ2) is 10.9. The third kappa shape index (κ3) is 4.48. The highest BCUT2D eigenvalue weighted by atomic mass is 32.1. The van der Waals surface area contributed by atoms with Crippen molar-refractivity contribution in [1.29, 1.82) is 0 Å². The van der Waals surface area contributed by atoms with E-state index in [9.17, 15) is 0 Å². The minimum Gasteiger partial charge on any atom is -0.308 e. The first kappa shape index (κ1) is 26.5. The SMILES string of the molecule is c1ccc(-c2ccc(-n3c4ccccc4c4sc5ccc(-c6nc(-c7ccccc7)nc(-c7ccccc7)n6)cc5c43)cc2)cc1. The third-order valence-corrected chi connectivity index (χ3v) is 9.66. The van der Waals surface area contributed by atoms with E-state index in [4.69, 9.17) is 15.0 Å². The summed E-state index contributed by atoms with van der Waals surface area (Å²) in [5.74, 6) is 1.98. The molecule has 0 saturated carbocycles. The van der Waals surface area contributed by atoms with Crippen molar-refractivity contribution in [2.75, 3.05) is 0 Å². The maximum atomic E-state index is 5.01. The molecule has 0 unspecified atom stereocenters. The van der Waals surface area contributed by atoms with Crippen molar-refractivity contribution in [3.8, 4) is 51.0 Å². The van der Waals surface area contributed by atoms with Crippen molar-refractivity contribution in [2.45, 2.75) is 0 Å². The van der Waals surface area contributed by atoms with Gasteiger partial charge in [-0.05, 0) is 47.5 Å². The number of thiophene rings is 1. The number of rotatable bonds is 5. The molecule has 46 heavy (non-hydrogen) atoms. The van der Waals surface area contributed by atoms with Gasteiger partial charge in [-0.3, -0.25) is 0 Å². The van der Waals surface area contributed by atoms with Crippen molar-refractivity contribution in [2.24, 2.45) is 0 Å². The van der Waals surface area contributed by atoms with Gasteiger partial charge in [-0.15, -0.1) is 11.3 Å². The summed E-state index contributed by atoms with van der Waals surface area (Å²) in [7, 11) is 0. The third-order valence-electron chi connectivity index (χ3n) is 8.47. The molecule has 0 aliphatic heterocycles. The summed E-state index contributed by atoms with van der Waals surface area (Å²) in [5.41, 5.74) is 8.83. The molecule has 0 N–H and O–H groups in total. The van der Waals surface area contributed by atoms with Gasteiger partial charge in [0.05, 0.1) is 15.7 Å². The zero-order valence-corrected chi connectivity index (χ0v) is 25.5. The first-order valence-corrected chi connectivity index (χ1v) is 16.1. The first-order chi connectivity index (χ1) is 22.8. The van der Waals surface area contributed by atoms with Crippen LogP contribution in [0.2, 0.25) is 0 Å². The van der Waals surface area contributed by atoms with E-state index >= 15 is 0 Å². The molecule has 0 amide bonds. The average molecular weight is 607 g/mol. The van der Waals surface area contributed by atoms with Gasteiger partial charge in [-0.25, -0.2) is 15.0 Å². The number of fused-ring (bicyclic) bond motifs is 5. The van der Waals surface area contributed by atoms with Crippen LogP contribution in [0.1, 0.15) is 0 Å². The zero-order chi connectivity index (χ0) is 30.5. The van der Waals surface area contributed by atoms with Crippen molar-refractivity contribution < 1.29 is 0 Å². The topological polar surface area (TPSA) is 43.6 Å². The minimum atomic E-state index is 0.656. The molecule has 0 aliphatic carbocycles. The molecule has 0 spiro atoms. The van der Waals surface area contributed by atoms with E-state index in [1.165, 1.54) is 42.3 Å². The van der Waals surface area contributed by atoms with Gasteiger partial charge in [0.1, 0.15) is 0 Å². The normalized spacial score (nSPS) is 11.5. The molecule has 4 nitrogen and oxygen atoms in total. The van der Waals surface area contributed by atoms with Crippen molar-refractivity contribution in [3.05, 3.63) is 158 Å². The fourth-order valence-electron chi connectivity index (χ4n) is 6.25. The lowest BCUT2D eigenvalue weighted by Gasteiger charge is -2.10. The molecule has 9 rings (SSSR count). The highest BCUT2D eigenvalue weighted by Crippen LogP contribution is 2.43. The van der Waals surface area contributed by atoms with Gasteiger partial charge in [0, 0.05) is 37.9 Å². The fourth-order valence-corrected chi connectivity index (χ4v) is 7.45. The Kier molecular flexibility index (Phi) is 6.28. The molecular weight excluding hydrogens is 581 g/mol. The molecule has 0 radical (unpaired) electrons. The van der Waals surface area contributed by atoms with Crippen LogP contribution in [-0.4, -0.2) is 19.5 Å². The molecule has 6 aromatic carbocycles. The van der Waals surface area contributed by atoms with Crippen molar-refractivity contribution >= 4 is 42.5 Å². The van der Waals surface area contributed by atoms with Gasteiger partial charge in [0.2, 0.25) is 0 Å². The summed E-state index contributed by atoms with van der Waals surface area (Å²) in [6.07, 6.45) is 0. The second-order valence-corrected chi connectivity index (χ2v) is 12.3. The lowest BCUT2D eigenvalue weighted by atomic mass is 10.1. The van der Waals surface area contributed by atoms with E-state index in [0.29, 0.717) is 17.5 Å². The molecule has 5 heteroatoms. The van der Waals surface area contributed by atoms with E-state index < -0.39 is 0 Å². The average Bonchev–Trinajstić information content (AvgIpc) is 3.67. The number of nitrogens with zero attached hydrogens (tertiary/aromatic N) is 4. The fraction of sp³-hybridized carbons (Fsp3) is 0. The Morgan fingerprint density at radius 1 is 0.413 bits per heavy atom. The molecule has 9 aromatic rings. The quantitative estimate of drug-likeness (QED) is 0.196. The largest absolute Gasteiger partial charge is 0.308 e. The molecule has 0 fully saturated rings. The van der Waals surface area contributed by atoms with E-state index in [1.807, 2.05) is 72.0 Å². The Balaban J connectivity index is 1.25. The molecular formula is C41H26N4S. The number of hydrogen-bond acceptors (Lipinski definition) is 4. The van der Waals surface area contributed by atoms with E-state index in [2.05, 4.69) is 102 Å². The van der Waals surface area contributed by atoms with Gasteiger partial charge in [0.25, 0.3) is 0 Å². The van der Waals surface area contributed by atoms with E-state index in [-0.39, 0.29) is 0 Å². The van der Waals surface area contributed by atoms with Crippen LogP contribution in [0, 0.1) is 0 Å². The molecule has 0 aliphatic rings. The summed E-state index contributed by atoms with van der Waals surface area (Å²) in [4.78, 5) is 14.9. The lowest BCUT2D eigenvalue weighted by molar-refractivity contribution is 1.07. The summed E-state index contributed by atoms with van der Waals surface area (Å²) in [5, 5.41) is 2.44. The summed E-state index contributed by atoms with van der Waals surface area (Å²) >= 11 is 1.84. The predicted molar refractivity (Wildman–Crippen MR) is 191 cm³/mol. The molecule has 216 valence electrons. The van der Waals surface area contributed by atoms with Crippen LogP contribution in [-0.2, 0) is 0 Å². The van der Waals surface area contributed by atoms with Gasteiger partial charge in [0.15, 0.2) is 17.5 Å². The highest BCUT2D eigenvalue weighted by molar-refractivity contribution is 7.26. The Morgan fingerprint density at radius 3 is 1.54 bits per heavy atom. The Hall–Kier alpha value is -5.91. The summed E-state index contributed by atoms with van der Waals surface area (Å²) in [6.45, 7) is 0. The number of benzene rings is 6. The van der Waals surface area contributed by atoms with Crippen molar-refractivity contribution in [3.63, 3.8) is 0 Å². The first-order valence-electron chi connectivity index (χ1n) is 15.3. The second-order valence-electron chi connectivity index (χ2n) is 11.3. The van der Waals surface area contributed by atoms with Crippen LogP contribution in [0.4, 0.5) is 0 Å². The standard InChI is InChI=1S/C41H26N4S/c1-4-12-27(13-5-1)28-20-23-32(24-21-28)45-35-19-11-10-18-33(35)38-37(45)34-26-31(22-25-36(34)46-38)41-43-39(29-14-6-2-7-15-29)42-40(44-41)30-16-8-3-9-17-30/h1-26H. The molecule has 3 heterocycles. The lowest BCUT2D eigenvalue weighted by Crippen LogP contribution is -2.00. The zero-order valence-electron chi connectivity index (χ0n) is 24.7. The Labute approximate surface area is 269 Å². The monoisotopic (exact) mass is 606 g/mol. The summed E-state index contributed by atoms with van der Waals surface area (Å²) < 4.78 is 4.91. The van der Waals surface area contributed by atoms with Crippen LogP contribution < -0.4 is 0 Å². The van der Waals surface area contributed by atoms with E-state index in [0.717, 1.165) is 22.4 Å². The minimum absolute atomic E-state index is 0.656. The Bertz CT molecular complexity index is 2440. The summed E-state index contributed by atoms with van der Waals surface area (Å²) in [6, 6.07) is 54.9. The van der Waals surface area contributed by atoms with Crippen LogP contribution >= 0.6 is 11.3 Å². The highest BCUT2D eigenvalue weighted by Gasteiger charge is 2.19. The van der Waals surface area contributed by atoms with Crippen LogP contribution in [0.25, 0.3) is 82.2 Å². The smallest absolute Gasteiger partial charge is 0.164 e. The molecule has 3 aromatic heterocycles. The van der Waals surface area contributed by atoms with Gasteiger partial charge in [-0.1, -0.05) is 121 Å². The number of aromatic nitrogens is 4. The van der Waals surface area contributed by atoms with Gasteiger partial charge < -0.3 is 4.57 Å². The van der Waals surface area contributed by atoms with Crippen LogP contribution in [0.3, 0.4) is 0 Å². The Morgan fingerprint density at radius 2 is 0.913 bits per heavy atom. The van der Waals surface area contributed by atoms with E-state index in [1.54, 1.807) is 0 Å². The number of para-hydroxylation sites is 1. The van der Waals surface area contributed by atoms with Crippen LogP contribution in [0.5, 0.6) is 0 Å². The van der Waals surface area contributed by atoms with Crippen LogP contribution in [0.15, 0.2) is 158 Å². The number of hydrogen-bond donors (Lipinski definition) is 0. The van der Waals surface area contributed by atoms with Crippen molar-refractivity contribution in [1.82, 2.24) is 19.5 Å². The maximum Gasteiger partial charge on any atom is 0.164 e. The predicted octanol–water partition coefficient (Wildman–Crippen LogP) is 10.9. The molecule has 0 bridgehead atoms.